The fraction of sp³-hybridized carbons (Fsp3) is 0.714. The quantitative estimate of drug-likeness (QED) is 0.546. The highest BCUT2D eigenvalue weighted by Gasteiger charge is 2.33. The number of aliphatic hydroxyl groups excluding tert-OH is 2. The highest BCUT2D eigenvalue weighted by Crippen LogP contribution is 2.18. The Morgan fingerprint density at radius 3 is 2.47 bits per heavy atom. The van der Waals surface area contributed by atoms with Gasteiger partial charge in [-0.3, -0.25) is 14.5 Å². The summed E-state index contributed by atoms with van der Waals surface area (Å²) in [4.78, 5) is 31.7. The molecule has 10 heteroatoms. The molecule has 1 aliphatic heterocycles. The summed E-state index contributed by atoms with van der Waals surface area (Å²) in [6, 6.07) is 6.00. The summed E-state index contributed by atoms with van der Waals surface area (Å²) in [5.74, 6) is -0.275. The van der Waals surface area contributed by atoms with E-state index in [1.807, 2.05) is 16.8 Å². The lowest BCUT2D eigenvalue weighted by Crippen LogP contribution is -2.54. The Bertz CT molecular complexity index is 855. The van der Waals surface area contributed by atoms with E-state index in [0.717, 1.165) is 5.56 Å². The van der Waals surface area contributed by atoms with Gasteiger partial charge in [0.1, 0.15) is 24.1 Å². The lowest BCUT2D eigenvalue weighted by molar-refractivity contribution is -0.142. The van der Waals surface area contributed by atoms with Gasteiger partial charge in [0.2, 0.25) is 11.8 Å². The second-order valence-corrected chi connectivity index (χ2v) is 10.7. The Hall–Kier alpha value is -2.11. The van der Waals surface area contributed by atoms with Crippen LogP contribution in [0.3, 0.4) is 0 Å². The van der Waals surface area contributed by atoms with Crippen molar-refractivity contribution in [1.29, 1.82) is 0 Å². The second-order valence-electron chi connectivity index (χ2n) is 10.7. The average molecular weight is 540 g/mol. The standard InChI is InChI=1S/C28H46FN3O6/c1-20(2)14-24-16-31(21(3)33)17-26(37-5)28(36)25(34)19-38-13-7-6-12-32(24)27(35)18-30(4)15-22-8-10-23(29)11-9-22/h8-11,20,24-26,28,34,36H,6-7,12-19H2,1-5H3/t24-,25+,26+,28+/m0/s1. The smallest absolute Gasteiger partial charge is 0.237 e. The van der Waals surface area contributed by atoms with Gasteiger partial charge in [-0.15, -0.1) is 0 Å². The first-order chi connectivity index (χ1) is 18.0. The molecule has 1 heterocycles. The van der Waals surface area contributed by atoms with Crippen LogP contribution in [-0.2, 0) is 25.6 Å². The second kappa shape index (κ2) is 16.1. The van der Waals surface area contributed by atoms with Crippen LogP contribution >= 0.6 is 0 Å². The molecular formula is C28H46FN3O6. The summed E-state index contributed by atoms with van der Waals surface area (Å²) >= 11 is 0. The number of hydrogen-bond donors (Lipinski definition) is 2. The van der Waals surface area contributed by atoms with Crippen molar-refractivity contribution in [2.24, 2.45) is 5.92 Å². The number of aliphatic hydroxyl groups is 2. The summed E-state index contributed by atoms with van der Waals surface area (Å²) in [7, 11) is 3.29. The number of ether oxygens (including phenoxy) is 2. The predicted octanol–water partition coefficient (Wildman–Crippen LogP) is 1.90. The SMILES string of the molecule is CO[C@@H]1CN(C(C)=O)C[C@H](CC(C)C)N(C(=O)CN(C)Cc2ccc(F)cc2)CCCCOC[C@@H](O)[C@H]1O. The van der Waals surface area contributed by atoms with Crippen LogP contribution in [0, 0.1) is 11.7 Å². The molecule has 1 aromatic rings. The third kappa shape index (κ3) is 10.6. The van der Waals surface area contributed by atoms with E-state index >= 15 is 0 Å². The van der Waals surface area contributed by atoms with Gasteiger partial charge in [0, 0.05) is 52.9 Å². The number of carbonyl (C=O) groups is 2. The van der Waals surface area contributed by atoms with Crippen LogP contribution in [0.4, 0.5) is 4.39 Å². The molecular weight excluding hydrogens is 493 g/mol. The number of rotatable bonds is 7. The molecule has 0 aliphatic carbocycles. The Morgan fingerprint density at radius 1 is 1.18 bits per heavy atom. The zero-order valence-electron chi connectivity index (χ0n) is 23.5. The number of nitrogens with zero attached hydrogens (tertiary/aromatic N) is 3. The Kier molecular flexibility index (Phi) is 13.6. The number of hydrogen-bond acceptors (Lipinski definition) is 7. The van der Waals surface area contributed by atoms with Gasteiger partial charge in [-0.05, 0) is 49.9 Å². The number of benzene rings is 1. The molecule has 2 amide bonds. The molecule has 0 radical (unpaired) electrons. The number of likely N-dealkylation sites (N-methyl/N-ethyl adjacent to an activating group) is 1. The lowest BCUT2D eigenvalue weighted by Gasteiger charge is -2.39. The molecule has 0 saturated carbocycles. The van der Waals surface area contributed by atoms with Gasteiger partial charge in [-0.2, -0.15) is 0 Å². The Labute approximate surface area is 226 Å². The van der Waals surface area contributed by atoms with Gasteiger partial charge in [0.05, 0.1) is 13.2 Å². The molecule has 0 spiro atoms. The lowest BCUT2D eigenvalue weighted by atomic mass is 10.00. The van der Waals surface area contributed by atoms with Crippen LogP contribution < -0.4 is 0 Å². The largest absolute Gasteiger partial charge is 0.388 e. The molecule has 38 heavy (non-hydrogen) atoms. The zero-order valence-corrected chi connectivity index (χ0v) is 23.5. The molecule has 2 N–H and O–H groups in total. The van der Waals surface area contributed by atoms with E-state index in [2.05, 4.69) is 13.8 Å². The summed E-state index contributed by atoms with van der Waals surface area (Å²) in [6.45, 7) is 7.51. The average Bonchev–Trinajstić information content (AvgIpc) is 2.85. The summed E-state index contributed by atoms with van der Waals surface area (Å²) in [5.41, 5.74) is 0.910. The molecule has 0 bridgehead atoms. The molecule has 1 saturated heterocycles. The van der Waals surface area contributed by atoms with Crippen LogP contribution in [0.1, 0.15) is 45.6 Å². The van der Waals surface area contributed by atoms with Crippen molar-refractivity contribution in [2.45, 2.75) is 70.9 Å². The molecule has 216 valence electrons. The molecule has 9 nitrogen and oxygen atoms in total. The first kappa shape index (κ1) is 32.1. The van der Waals surface area contributed by atoms with Gasteiger partial charge in [0.15, 0.2) is 0 Å². The minimum Gasteiger partial charge on any atom is -0.388 e. The molecule has 4 atom stereocenters. The van der Waals surface area contributed by atoms with Gasteiger partial charge in [-0.1, -0.05) is 26.0 Å². The molecule has 1 aromatic carbocycles. The summed E-state index contributed by atoms with van der Waals surface area (Å²) in [6.07, 6.45) is -1.12. The normalized spacial score (nSPS) is 24.5. The van der Waals surface area contributed by atoms with Crippen molar-refractivity contribution in [3.63, 3.8) is 0 Å². The van der Waals surface area contributed by atoms with E-state index in [4.69, 9.17) is 9.47 Å². The molecule has 0 aromatic heterocycles. The maximum atomic E-state index is 13.7. The number of carbonyl (C=O) groups excluding carboxylic acids is 2. The van der Waals surface area contributed by atoms with Gasteiger partial charge in [-0.25, -0.2) is 4.39 Å². The molecule has 2 rings (SSSR count). The third-order valence-electron chi connectivity index (χ3n) is 6.86. The van der Waals surface area contributed by atoms with Crippen LogP contribution in [0.5, 0.6) is 0 Å². The van der Waals surface area contributed by atoms with Gasteiger partial charge in [0.25, 0.3) is 0 Å². The molecule has 1 fully saturated rings. The zero-order chi connectivity index (χ0) is 28.2. The van der Waals surface area contributed by atoms with E-state index in [1.54, 1.807) is 17.0 Å². The highest BCUT2D eigenvalue weighted by atomic mass is 19.1. The Morgan fingerprint density at radius 2 is 1.87 bits per heavy atom. The van der Waals surface area contributed by atoms with Gasteiger partial charge < -0.3 is 29.5 Å². The van der Waals surface area contributed by atoms with Crippen molar-refractivity contribution in [2.75, 3.05) is 53.6 Å². The maximum Gasteiger partial charge on any atom is 0.237 e. The fourth-order valence-electron chi connectivity index (χ4n) is 4.80. The van der Waals surface area contributed by atoms with E-state index < -0.39 is 18.3 Å². The van der Waals surface area contributed by atoms with Gasteiger partial charge >= 0.3 is 0 Å². The van der Waals surface area contributed by atoms with E-state index in [1.165, 1.54) is 26.2 Å². The summed E-state index contributed by atoms with van der Waals surface area (Å²) in [5, 5.41) is 21.0. The Balaban J connectivity index is 2.27. The van der Waals surface area contributed by atoms with Crippen molar-refractivity contribution in [3.8, 4) is 0 Å². The molecule has 1 aliphatic rings. The minimum atomic E-state index is -1.23. The van der Waals surface area contributed by atoms with Crippen molar-refractivity contribution in [1.82, 2.24) is 14.7 Å². The van der Waals surface area contributed by atoms with Crippen LogP contribution in [0.25, 0.3) is 0 Å². The number of amides is 2. The van der Waals surface area contributed by atoms with E-state index in [9.17, 15) is 24.2 Å². The van der Waals surface area contributed by atoms with Crippen LogP contribution in [0.2, 0.25) is 0 Å². The van der Waals surface area contributed by atoms with Crippen molar-refractivity contribution in [3.05, 3.63) is 35.6 Å². The van der Waals surface area contributed by atoms with E-state index in [-0.39, 0.29) is 49.3 Å². The fourth-order valence-corrected chi connectivity index (χ4v) is 4.80. The number of methoxy groups -OCH3 is 1. The highest BCUT2D eigenvalue weighted by molar-refractivity contribution is 5.79. The minimum absolute atomic E-state index is 0.0458. The molecule has 0 unspecified atom stereocenters. The van der Waals surface area contributed by atoms with Crippen molar-refractivity contribution >= 4 is 11.8 Å². The predicted molar refractivity (Wildman–Crippen MR) is 143 cm³/mol. The van der Waals surface area contributed by atoms with Crippen molar-refractivity contribution < 1.29 is 33.7 Å². The topological polar surface area (TPSA) is 103 Å². The number of halogens is 1. The van der Waals surface area contributed by atoms with Crippen LogP contribution in [0.15, 0.2) is 24.3 Å². The third-order valence-corrected chi connectivity index (χ3v) is 6.86. The monoisotopic (exact) mass is 539 g/mol. The first-order valence-corrected chi connectivity index (χ1v) is 13.5. The first-order valence-electron chi connectivity index (χ1n) is 13.5. The van der Waals surface area contributed by atoms with Crippen LogP contribution in [-0.4, -0.2) is 115 Å². The maximum absolute atomic E-state index is 13.7. The van der Waals surface area contributed by atoms with E-state index in [0.29, 0.717) is 45.5 Å². The summed E-state index contributed by atoms with van der Waals surface area (Å²) < 4.78 is 24.3.